The first-order valence-electron chi connectivity index (χ1n) is 5.80. The summed E-state index contributed by atoms with van der Waals surface area (Å²) < 4.78 is 0. The van der Waals surface area contributed by atoms with Gasteiger partial charge in [-0.15, -0.1) is 0 Å². The van der Waals surface area contributed by atoms with Crippen molar-refractivity contribution in [1.29, 1.82) is 0 Å². The Morgan fingerprint density at radius 1 is 1.24 bits per heavy atom. The van der Waals surface area contributed by atoms with Gasteiger partial charge in [-0.05, 0) is 30.0 Å². The molecule has 2 unspecified atom stereocenters. The molecule has 2 atom stereocenters. The molecule has 0 aliphatic heterocycles. The summed E-state index contributed by atoms with van der Waals surface area (Å²) in [4.78, 5) is 0. The van der Waals surface area contributed by atoms with Crippen LogP contribution >= 0.6 is 0 Å². The third kappa shape index (κ3) is 2.34. The smallest absolute Gasteiger partial charge is 0.0446 e. The predicted octanol–water partition coefficient (Wildman–Crippen LogP) is 1.56. The standard InChI is InChI=1S/C14H19N3/c1-10-8-12(15)6-7-14(10,17)9-11-4-2-3-5-13(11)16/h2-8,10H,9,15-17H2,1H3. The maximum atomic E-state index is 6.42. The van der Waals surface area contributed by atoms with Crippen molar-refractivity contribution >= 4 is 5.69 Å². The molecule has 1 aliphatic carbocycles. The average Bonchev–Trinajstić information content (AvgIpc) is 2.28. The van der Waals surface area contributed by atoms with Gasteiger partial charge in [0.15, 0.2) is 0 Å². The normalized spacial score (nSPS) is 27.9. The van der Waals surface area contributed by atoms with Gasteiger partial charge in [0.1, 0.15) is 0 Å². The molecule has 0 fully saturated rings. The zero-order valence-corrected chi connectivity index (χ0v) is 10.1. The van der Waals surface area contributed by atoms with Crippen LogP contribution in [0, 0.1) is 5.92 Å². The van der Waals surface area contributed by atoms with E-state index >= 15 is 0 Å². The number of nitrogen functional groups attached to an aromatic ring is 1. The second kappa shape index (κ2) is 4.26. The van der Waals surface area contributed by atoms with Crippen molar-refractivity contribution in [2.75, 3.05) is 5.73 Å². The molecule has 6 N–H and O–H groups in total. The Hall–Kier alpha value is -1.74. The molecule has 0 heterocycles. The van der Waals surface area contributed by atoms with Crippen LogP contribution in [0.15, 0.2) is 48.2 Å². The molecule has 17 heavy (non-hydrogen) atoms. The average molecular weight is 229 g/mol. The molecule has 0 bridgehead atoms. The Morgan fingerprint density at radius 2 is 1.94 bits per heavy atom. The third-order valence-corrected chi connectivity index (χ3v) is 3.43. The highest BCUT2D eigenvalue weighted by atomic mass is 14.8. The van der Waals surface area contributed by atoms with Crippen molar-refractivity contribution < 1.29 is 0 Å². The fourth-order valence-corrected chi connectivity index (χ4v) is 2.15. The van der Waals surface area contributed by atoms with Gasteiger partial charge in [-0.3, -0.25) is 0 Å². The van der Waals surface area contributed by atoms with Crippen LogP contribution in [-0.4, -0.2) is 5.54 Å². The number of anilines is 1. The number of allylic oxidation sites excluding steroid dienone is 1. The SMILES string of the molecule is CC1C=C(N)C=CC1(N)Cc1ccccc1N. The quantitative estimate of drug-likeness (QED) is 0.673. The van der Waals surface area contributed by atoms with Gasteiger partial charge in [0.05, 0.1) is 0 Å². The molecular formula is C14H19N3. The summed E-state index contributed by atoms with van der Waals surface area (Å²) in [5.41, 5.74) is 20.4. The molecule has 0 saturated carbocycles. The van der Waals surface area contributed by atoms with Gasteiger partial charge in [0.2, 0.25) is 0 Å². The number of para-hydroxylation sites is 1. The minimum Gasteiger partial charge on any atom is -0.399 e. The van der Waals surface area contributed by atoms with E-state index in [2.05, 4.69) is 6.92 Å². The highest BCUT2D eigenvalue weighted by Crippen LogP contribution is 2.28. The number of benzene rings is 1. The Bertz CT molecular complexity index is 476. The summed E-state index contributed by atoms with van der Waals surface area (Å²) in [6.45, 7) is 2.08. The maximum Gasteiger partial charge on any atom is 0.0446 e. The van der Waals surface area contributed by atoms with Gasteiger partial charge in [-0.2, -0.15) is 0 Å². The van der Waals surface area contributed by atoms with Gasteiger partial charge in [-0.25, -0.2) is 0 Å². The highest BCUT2D eigenvalue weighted by Gasteiger charge is 2.30. The van der Waals surface area contributed by atoms with E-state index < -0.39 is 5.54 Å². The number of hydrogen-bond donors (Lipinski definition) is 3. The van der Waals surface area contributed by atoms with Crippen molar-refractivity contribution in [3.8, 4) is 0 Å². The van der Waals surface area contributed by atoms with Crippen molar-refractivity contribution in [2.24, 2.45) is 17.4 Å². The van der Waals surface area contributed by atoms with E-state index in [1.54, 1.807) is 0 Å². The van der Waals surface area contributed by atoms with Crippen molar-refractivity contribution in [3.63, 3.8) is 0 Å². The zero-order valence-electron chi connectivity index (χ0n) is 10.1. The first-order chi connectivity index (χ1) is 8.01. The molecular weight excluding hydrogens is 210 g/mol. The van der Waals surface area contributed by atoms with Crippen LogP contribution in [0.1, 0.15) is 12.5 Å². The van der Waals surface area contributed by atoms with E-state index in [4.69, 9.17) is 17.2 Å². The van der Waals surface area contributed by atoms with Crippen molar-refractivity contribution in [2.45, 2.75) is 18.9 Å². The summed E-state index contributed by atoms with van der Waals surface area (Å²) in [5, 5.41) is 0. The summed E-state index contributed by atoms with van der Waals surface area (Å²) in [5.74, 6) is 0.201. The Labute approximate surface area is 102 Å². The lowest BCUT2D eigenvalue weighted by atomic mass is 9.77. The predicted molar refractivity (Wildman–Crippen MR) is 72.1 cm³/mol. The first kappa shape index (κ1) is 11.7. The van der Waals surface area contributed by atoms with Crippen LogP contribution in [0.4, 0.5) is 5.69 Å². The van der Waals surface area contributed by atoms with Gasteiger partial charge < -0.3 is 17.2 Å². The van der Waals surface area contributed by atoms with Crippen LogP contribution in [0.5, 0.6) is 0 Å². The van der Waals surface area contributed by atoms with Crippen molar-refractivity contribution in [1.82, 2.24) is 0 Å². The molecule has 90 valence electrons. The molecule has 1 aromatic carbocycles. The lowest BCUT2D eigenvalue weighted by molar-refractivity contribution is 0.411. The molecule has 0 radical (unpaired) electrons. The minimum atomic E-state index is -0.404. The molecule has 0 aromatic heterocycles. The Morgan fingerprint density at radius 3 is 2.59 bits per heavy atom. The van der Waals surface area contributed by atoms with E-state index in [0.29, 0.717) is 0 Å². The zero-order chi connectivity index (χ0) is 12.5. The molecule has 2 rings (SSSR count). The molecule has 0 saturated heterocycles. The lowest BCUT2D eigenvalue weighted by Gasteiger charge is -2.34. The Kier molecular flexibility index (Phi) is 2.94. The topological polar surface area (TPSA) is 78.1 Å². The van der Waals surface area contributed by atoms with Gasteiger partial charge in [0, 0.05) is 16.9 Å². The monoisotopic (exact) mass is 229 g/mol. The molecule has 0 amide bonds. The molecule has 0 spiro atoms. The number of hydrogen-bond acceptors (Lipinski definition) is 3. The molecule has 3 heteroatoms. The maximum absolute atomic E-state index is 6.42. The largest absolute Gasteiger partial charge is 0.399 e. The fraction of sp³-hybridized carbons (Fsp3) is 0.286. The minimum absolute atomic E-state index is 0.201. The molecule has 1 aromatic rings. The van der Waals surface area contributed by atoms with Gasteiger partial charge in [0.25, 0.3) is 0 Å². The van der Waals surface area contributed by atoms with Crippen LogP contribution in [-0.2, 0) is 6.42 Å². The fourth-order valence-electron chi connectivity index (χ4n) is 2.15. The number of rotatable bonds is 2. The first-order valence-corrected chi connectivity index (χ1v) is 5.80. The summed E-state index contributed by atoms with van der Waals surface area (Å²) >= 11 is 0. The van der Waals surface area contributed by atoms with Crippen LogP contribution in [0.25, 0.3) is 0 Å². The highest BCUT2D eigenvalue weighted by molar-refractivity contribution is 5.48. The van der Waals surface area contributed by atoms with E-state index in [1.807, 2.05) is 42.5 Å². The second-order valence-electron chi connectivity index (χ2n) is 4.78. The lowest BCUT2D eigenvalue weighted by Crippen LogP contribution is -2.47. The van der Waals surface area contributed by atoms with Crippen molar-refractivity contribution in [3.05, 3.63) is 53.8 Å². The summed E-state index contributed by atoms with van der Waals surface area (Å²) in [7, 11) is 0. The van der Waals surface area contributed by atoms with E-state index in [1.165, 1.54) is 0 Å². The Balaban J connectivity index is 2.25. The second-order valence-corrected chi connectivity index (χ2v) is 4.78. The van der Waals surface area contributed by atoms with Gasteiger partial charge in [-0.1, -0.05) is 37.3 Å². The summed E-state index contributed by atoms with van der Waals surface area (Å²) in [6.07, 6.45) is 6.58. The van der Waals surface area contributed by atoms with E-state index in [0.717, 1.165) is 23.4 Å². The van der Waals surface area contributed by atoms with E-state index in [-0.39, 0.29) is 5.92 Å². The van der Waals surface area contributed by atoms with E-state index in [9.17, 15) is 0 Å². The number of nitrogens with two attached hydrogens (primary N) is 3. The molecule has 3 nitrogen and oxygen atoms in total. The van der Waals surface area contributed by atoms with Gasteiger partial charge >= 0.3 is 0 Å². The van der Waals surface area contributed by atoms with Crippen LogP contribution in [0.3, 0.4) is 0 Å². The summed E-state index contributed by atoms with van der Waals surface area (Å²) in [6, 6.07) is 7.84. The van der Waals surface area contributed by atoms with Crippen LogP contribution in [0.2, 0.25) is 0 Å². The molecule has 1 aliphatic rings. The third-order valence-electron chi connectivity index (χ3n) is 3.43. The van der Waals surface area contributed by atoms with Crippen LogP contribution < -0.4 is 17.2 Å².